The summed E-state index contributed by atoms with van der Waals surface area (Å²) in [5.74, 6) is -3.75. The number of halogens is 3. The average molecular weight is 330 g/mol. The van der Waals surface area contributed by atoms with E-state index in [1.54, 1.807) is 29.5 Å². The fraction of sp³-hybridized carbons (Fsp3) is 0.500. The van der Waals surface area contributed by atoms with Crippen LogP contribution < -0.4 is 0 Å². The molecule has 7 heteroatoms. The minimum atomic E-state index is -3.07. The van der Waals surface area contributed by atoms with Gasteiger partial charge >= 0.3 is 5.97 Å². The molecule has 0 bridgehead atoms. The van der Waals surface area contributed by atoms with Crippen LogP contribution in [-0.4, -0.2) is 22.8 Å². The summed E-state index contributed by atoms with van der Waals surface area (Å²) in [6.45, 7) is 2.54. The quantitative estimate of drug-likeness (QED) is 0.684. The van der Waals surface area contributed by atoms with E-state index >= 15 is 0 Å². The van der Waals surface area contributed by atoms with Gasteiger partial charge in [-0.25, -0.2) is 4.79 Å². The maximum absolute atomic E-state index is 12.9. The van der Waals surface area contributed by atoms with Crippen molar-refractivity contribution in [1.29, 1.82) is 0 Å². The number of aromatic nitrogens is 2. The smallest absolute Gasteiger partial charge is 0.357 e. The predicted octanol–water partition coefficient (Wildman–Crippen LogP) is 2.30. The average Bonchev–Trinajstić information content (AvgIpc) is 2.46. The molecule has 1 rings (SSSR count). The number of nitrogens with one attached hydrogen (secondary N) is 1. The van der Waals surface area contributed by atoms with E-state index < -0.39 is 17.6 Å². The minimum Gasteiger partial charge on any atom is -0.461 e. The van der Waals surface area contributed by atoms with E-state index in [4.69, 9.17) is 0 Å². The van der Waals surface area contributed by atoms with E-state index in [0.717, 1.165) is 6.92 Å². The first-order chi connectivity index (χ1) is 6.88. The lowest BCUT2D eigenvalue weighted by Crippen LogP contribution is -2.11. The number of aromatic amines is 1. The predicted molar refractivity (Wildman–Crippen MR) is 56.8 cm³/mol. The molecule has 15 heavy (non-hydrogen) atoms. The van der Waals surface area contributed by atoms with E-state index in [1.165, 1.54) is 0 Å². The van der Waals surface area contributed by atoms with E-state index in [9.17, 15) is 13.6 Å². The van der Waals surface area contributed by atoms with Crippen LogP contribution >= 0.6 is 22.6 Å². The zero-order chi connectivity index (χ0) is 11.6. The summed E-state index contributed by atoms with van der Waals surface area (Å²) < 4.78 is 30.6. The molecule has 0 aliphatic rings. The monoisotopic (exact) mass is 330 g/mol. The van der Waals surface area contributed by atoms with E-state index in [-0.39, 0.29) is 15.9 Å². The van der Waals surface area contributed by atoms with Crippen LogP contribution in [0.3, 0.4) is 0 Å². The molecule has 0 saturated heterocycles. The number of H-pyrrole nitrogens is 1. The highest BCUT2D eigenvalue weighted by molar-refractivity contribution is 14.1. The molecular formula is C8H9F2IN2O2. The molecule has 0 spiro atoms. The molecule has 1 aromatic rings. The zero-order valence-electron chi connectivity index (χ0n) is 8.10. The summed E-state index contributed by atoms with van der Waals surface area (Å²) in [6, 6.07) is 0. The minimum absolute atomic E-state index is 0.0334. The first kappa shape index (κ1) is 12.3. The van der Waals surface area contributed by atoms with Crippen molar-refractivity contribution in [1.82, 2.24) is 10.2 Å². The third kappa shape index (κ3) is 2.64. The molecule has 1 aromatic heterocycles. The summed E-state index contributed by atoms with van der Waals surface area (Å²) in [5, 5.41) is 5.66. The van der Waals surface area contributed by atoms with Gasteiger partial charge in [0.25, 0.3) is 5.92 Å². The van der Waals surface area contributed by atoms with Crippen molar-refractivity contribution in [2.45, 2.75) is 19.8 Å². The lowest BCUT2D eigenvalue weighted by molar-refractivity contribution is 0.0118. The highest BCUT2D eigenvalue weighted by Gasteiger charge is 2.33. The van der Waals surface area contributed by atoms with Gasteiger partial charge in [0, 0.05) is 6.92 Å². The van der Waals surface area contributed by atoms with Crippen LogP contribution in [0.2, 0.25) is 0 Å². The van der Waals surface area contributed by atoms with Crippen molar-refractivity contribution in [2.24, 2.45) is 0 Å². The topological polar surface area (TPSA) is 55.0 Å². The van der Waals surface area contributed by atoms with Crippen molar-refractivity contribution in [2.75, 3.05) is 6.61 Å². The molecule has 0 unspecified atom stereocenters. The van der Waals surface area contributed by atoms with Gasteiger partial charge < -0.3 is 4.74 Å². The summed E-state index contributed by atoms with van der Waals surface area (Å²) in [7, 11) is 0. The Bertz CT molecular complexity index is 373. The highest BCUT2D eigenvalue weighted by Crippen LogP contribution is 2.30. The Morgan fingerprint density at radius 2 is 2.27 bits per heavy atom. The Kier molecular flexibility index (Phi) is 3.63. The van der Waals surface area contributed by atoms with Gasteiger partial charge in [-0.1, -0.05) is 0 Å². The third-order valence-corrected chi connectivity index (χ3v) is 2.65. The highest BCUT2D eigenvalue weighted by atomic mass is 127. The zero-order valence-corrected chi connectivity index (χ0v) is 10.3. The SMILES string of the molecule is CCOC(=O)c1[nH]nc(C(C)(F)F)c1I. The molecule has 0 amide bonds. The molecule has 0 aliphatic carbocycles. The molecule has 0 aromatic carbocycles. The van der Waals surface area contributed by atoms with Gasteiger partial charge in [0.05, 0.1) is 10.2 Å². The molecule has 0 saturated carbocycles. The van der Waals surface area contributed by atoms with E-state index in [1.807, 2.05) is 0 Å². The summed E-state index contributed by atoms with van der Waals surface area (Å²) in [4.78, 5) is 11.3. The fourth-order valence-corrected chi connectivity index (χ4v) is 1.89. The Morgan fingerprint density at radius 1 is 1.67 bits per heavy atom. The fourth-order valence-electron chi connectivity index (χ4n) is 0.958. The van der Waals surface area contributed by atoms with Crippen LogP contribution in [0.4, 0.5) is 8.78 Å². The summed E-state index contributed by atoms with van der Waals surface area (Å²) >= 11 is 1.64. The van der Waals surface area contributed by atoms with Crippen LogP contribution in [-0.2, 0) is 10.7 Å². The Hall–Kier alpha value is -0.730. The van der Waals surface area contributed by atoms with E-state index in [2.05, 4.69) is 14.9 Å². The number of rotatable bonds is 3. The van der Waals surface area contributed by atoms with Gasteiger partial charge in [-0.3, -0.25) is 5.10 Å². The molecule has 0 aliphatic heterocycles. The number of alkyl halides is 2. The van der Waals surface area contributed by atoms with Crippen LogP contribution in [0.25, 0.3) is 0 Å². The largest absolute Gasteiger partial charge is 0.461 e. The third-order valence-electron chi connectivity index (χ3n) is 1.60. The molecule has 84 valence electrons. The Morgan fingerprint density at radius 3 is 2.67 bits per heavy atom. The maximum atomic E-state index is 12.9. The maximum Gasteiger partial charge on any atom is 0.357 e. The van der Waals surface area contributed by atoms with Crippen molar-refractivity contribution >= 4 is 28.6 Å². The van der Waals surface area contributed by atoms with Gasteiger partial charge in [-0.15, -0.1) is 0 Å². The second kappa shape index (κ2) is 4.42. The number of ether oxygens (including phenoxy) is 1. The molecule has 1 N–H and O–H groups in total. The molecule has 0 fully saturated rings. The number of esters is 1. The first-order valence-corrected chi connectivity index (χ1v) is 5.25. The van der Waals surface area contributed by atoms with Gasteiger partial charge in [0.1, 0.15) is 5.69 Å². The molecule has 4 nitrogen and oxygen atoms in total. The second-order valence-electron chi connectivity index (χ2n) is 2.87. The molecular weight excluding hydrogens is 321 g/mol. The van der Waals surface area contributed by atoms with Gasteiger partial charge in [0.15, 0.2) is 5.69 Å². The molecule has 0 radical (unpaired) electrons. The standard InChI is InChI=1S/C8H9F2IN2O2/c1-3-15-7(14)5-4(11)6(13-12-5)8(2,9)10/h3H2,1-2H3,(H,12,13). The normalized spacial score (nSPS) is 11.5. The van der Waals surface area contributed by atoms with E-state index in [0.29, 0.717) is 0 Å². The van der Waals surface area contributed by atoms with Gasteiger partial charge in [0.2, 0.25) is 0 Å². The number of nitrogens with zero attached hydrogens (tertiary/aromatic N) is 1. The van der Waals surface area contributed by atoms with Crippen molar-refractivity contribution in [3.8, 4) is 0 Å². The number of hydrogen-bond donors (Lipinski definition) is 1. The molecule has 0 atom stereocenters. The van der Waals surface area contributed by atoms with Crippen molar-refractivity contribution in [3.63, 3.8) is 0 Å². The lowest BCUT2D eigenvalue weighted by Gasteiger charge is -2.06. The lowest BCUT2D eigenvalue weighted by atomic mass is 10.2. The Balaban J connectivity index is 3.04. The number of carbonyl (C=O) groups is 1. The Labute approximate surface area is 98.5 Å². The summed E-state index contributed by atoms with van der Waals surface area (Å²) in [5.41, 5.74) is -0.472. The van der Waals surface area contributed by atoms with Crippen LogP contribution in [0.1, 0.15) is 30.0 Å². The first-order valence-electron chi connectivity index (χ1n) is 4.17. The summed E-state index contributed by atoms with van der Waals surface area (Å²) in [6.07, 6.45) is 0. The van der Waals surface area contributed by atoms with Crippen LogP contribution in [0.5, 0.6) is 0 Å². The van der Waals surface area contributed by atoms with Crippen LogP contribution in [0.15, 0.2) is 0 Å². The van der Waals surface area contributed by atoms with Gasteiger partial charge in [-0.05, 0) is 29.5 Å². The van der Waals surface area contributed by atoms with Crippen molar-refractivity contribution < 1.29 is 18.3 Å². The van der Waals surface area contributed by atoms with Crippen LogP contribution in [0, 0.1) is 3.57 Å². The molecule has 1 heterocycles. The number of carbonyl (C=O) groups excluding carboxylic acids is 1. The second-order valence-corrected chi connectivity index (χ2v) is 3.95. The number of hydrogen-bond acceptors (Lipinski definition) is 3. The van der Waals surface area contributed by atoms with Gasteiger partial charge in [-0.2, -0.15) is 13.9 Å². The van der Waals surface area contributed by atoms with Crippen molar-refractivity contribution in [3.05, 3.63) is 15.0 Å².